The fraction of sp³-hybridized carbons (Fsp3) is 0.0769. The highest BCUT2D eigenvalue weighted by molar-refractivity contribution is 6.66. The van der Waals surface area contributed by atoms with Gasteiger partial charge in [0.2, 0.25) is 0 Å². The van der Waals surface area contributed by atoms with Crippen molar-refractivity contribution < 1.29 is 18.3 Å². The molecule has 0 unspecified atom stereocenters. The average Bonchev–Trinajstić information content (AvgIpc) is 2.78. The van der Waals surface area contributed by atoms with E-state index in [-0.39, 0.29) is 0 Å². The van der Waals surface area contributed by atoms with Gasteiger partial charge in [0.05, 0.1) is 0 Å². The van der Waals surface area contributed by atoms with Gasteiger partial charge < -0.3 is 18.3 Å². The molecule has 0 saturated heterocycles. The van der Waals surface area contributed by atoms with E-state index in [1.807, 2.05) is 122 Å². The number of hydrogen-bond donors (Lipinski definition) is 0. The highest BCUT2D eigenvalue weighted by atomic mass is 28.4. The summed E-state index contributed by atoms with van der Waals surface area (Å²) < 4.78 is 24.0. The standard InChI is InChI=1S/C26H24O4Si/c1-31(2,29-25-17-13-23(14-18-25)27-21-9-5-3-6-10-21)30-26-19-15-24(16-20-26)28-22-11-7-4-8-12-22/h3-20H,1-2H3. The van der Waals surface area contributed by atoms with Gasteiger partial charge in [-0.1, -0.05) is 36.4 Å². The first-order chi connectivity index (χ1) is 15.1. The summed E-state index contributed by atoms with van der Waals surface area (Å²) in [5, 5.41) is 0. The van der Waals surface area contributed by atoms with E-state index in [1.165, 1.54) is 0 Å². The van der Waals surface area contributed by atoms with Crippen molar-refractivity contribution in [3.8, 4) is 34.5 Å². The predicted molar refractivity (Wildman–Crippen MR) is 125 cm³/mol. The van der Waals surface area contributed by atoms with Gasteiger partial charge in [0.15, 0.2) is 0 Å². The Balaban J connectivity index is 1.34. The molecule has 0 heterocycles. The van der Waals surface area contributed by atoms with Crippen LogP contribution in [0.1, 0.15) is 0 Å². The summed E-state index contributed by atoms with van der Waals surface area (Å²) in [7, 11) is -2.45. The third-order valence-corrected chi connectivity index (χ3v) is 5.79. The maximum Gasteiger partial charge on any atom is 0.454 e. The molecule has 156 valence electrons. The van der Waals surface area contributed by atoms with Crippen LogP contribution in [0.25, 0.3) is 0 Å². The zero-order valence-electron chi connectivity index (χ0n) is 17.5. The lowest BCUT2D eigenvalue weighted by atomic mass is 10.3. The smallest absolute Gasteiger partial charge is 0.454 e. The summed E-state index contributed by atoms with van der Waals surface area (Å²) in [5.41, 5.74) is 0. The number of hydrogen-bond acceptors (Lipinski definition) is 4. The molecule has 0 spiro atoms. The van der Waals surface area contributed by atoms with Crippen LogP contribution < -0.4 is 18.3 Å². The summed E-state index contributed by atoms with van der Waals surface area (Å²) in [6.45, 7) is 4.02. The van der Waals surface area contributed by atoms with Crippen molar-refractivity contribution >= 4 is 8.56 Å². The van der Waals surface area contributed by atoms with Crippen LogP contribution in [-0.4, -0.2) is 8.56 Å². The van der Waals surface area contributed by atoms with E-state index in [2.05, 4.69) is 0 Å². The van der Waals surface area contributed by atoms with E-state index in [4.69, 9.17) is 18.3 Å². The Morgan fingerprint density at radius 1 is 0.387 bits per heavy atom. The highest BCUT2D eigenvalue weighted by Crippen LogP contribution is 2.27. The molecular formula is C26H24O4Si. The molecule has 0 aromatic heterocycles. The average molecular weight is 429 g/mol. The minimum Gasteiger partial charge on any atom is -0.512 e. The van der Waals surface area contributed by atoms with Crippen LogP contribution in [-0.2, 0) is 0 Å². The molecule has 0 atom stereocenters. The first-order valence-corrected chi connectivity index (χ1v) is 12.9. The molecule has 0 saturated carbocycles. The van der Waals surface area contributed by atoms with Crippen molar-refractivity contribution in [2.75, 3.05) is 0 Å². The second kappa shape index (κ2) is 9.41. The van der Waals surface area contributed by atoms with Crippen LogP contribution >= 0.6 is 0 Å². The quantitative estimate of drug-likeness (QED) is 0.273. The van der Waals surface area contributed by atoms with Gasteiger partial charge in [-0.3, -0.25) is 0 Å². The Morgan fingerprint density at radius 3 is 1.03 bits per heavy atom. The van der Waals surface area contributed by atoms with Crippen LogP contribution in [0, 0.1) is 0 Å². The van der Waals surface area contributed by atoms with E-state index < -0.39 is 8.56 Å². The first-order valence-electron chi connectivity index (χ1n) is 10.1. The predicted octanol–water partition coefficient (Wildman–Crippen LogP) is 7.43. The second-order valence-corrected chi connectivity index (χ2v) is 10.6. The molecule has 4 aromatic carbocycles. The van der Waals surface area contributed by atoms with Crippen molar-refractivity contribution in [2.45, 2.75) is 13.1 Å². The van der Waals surface area contributed by atoms with Gasteiger partial charge in [-0.25, -0.2) is 0 Å². The molecule has 0 amide bonds. The fourth-order valence-electron chi connectivity index (χ4n) is 2.99. The van der Waals surface area contributed by atoms with Crippen molar-refractivity contribution in [1.29, 1.82) is 0 Å². The lowest BCUT2D eigenvalue weighted by molar-refractivity contribution is 0.398. The summed E-state index contributed by atoms with van der Waals surface area (Å²) in [5.74, 6) is 4.62. The van der Waals surface area contributed by atoms with Gasteiger partial charge in [0.1, 0.15) is 34.5 Å². The Hall–Kier alpha value is -3.70. The molecule has 0 bridgehead atoms. The largest absolute Gasteiger partial charge is 0.512 e. The lowest BCUT2D eigenvalue weighted by Gasteiger charge is -2.25. The Kier molecular flexibility index (Phi) is 6.24. The van der Waals surface area contributed by atoms with Gasteiger partial charge >= 0.3 is 8.56 Å². The molecule has 31 heavy (non-hydrogen) atoms. The summed E-state index contributed by atoms with van der Waals surface area (Å²) in [4.78, 5) is 0. The maximum atomic E-state index is 6.17. The molecule has 5 heteroatoms. The summed E-state index contributed by atoms with van der Waals surface area (Å²) in [6, 6.07) is 34.5. The van der Waals surface area contributed by atoms with E-state index >= 15 is 0 Å². The molecule has 4 aromatic rings. The number of rotatable bonds is 8. The maximum absolute atomic E-state index is 6.17. The molecule has 0 aliphatic heterocycles. The van der Waals surface area contributed by atoms with Gasteiger partial charge in [-0.15, -0.1) is 0 Å². The first kappa shape index (κ1) is 20.6. The van der Waals surface area contributed by atoms with Crippen molar-refractivity contribution in [3.05, 3.63) is 109 Å². The van der Waals surface area contributed by atoms with Crippen LogP contribution in [0.5, 0.6) is 34.5 Å². The molecule has 4 nitrogen and oxygen atoms in total. The van der Waals surface area contributed by atoms with E-state index in [0.29, 0.717) is 0 Å². The Labute approximate surface area is 183 Å². The number of para-hydroxylation sites is 2. The van der Waals surface area contributed by atoms with Crippen LogP contribution in [0.15, 0.2) is 109 Å². The third kappa shape index (κ3) is 6.14. The summed E-state index contributed by atoms with van der Waals surface area (Å²) in [6.07, 6.45) is 0. The van der Waals surface area contributed by atoms with Gasteiger partial charge in [-0.05, 0) is 72.8 Å². The fourth-order valence-corrected chi connectivity index (χ4v) is 4.44. The van der Waals surface area contributed by atoms with Gasteiger partial charge in [0.25, 0.3) is 0 Å². The SMILES string of the molecule is C[Si](C)(Oc1ccc(Oc2ccccc2)cc1)Oc1ccc(Oc2ccccc2)cc1. The van der Waals surface area contributed by atoms with E-state index in [0.717, 1.165) is 34.5 Å². The van der Waals surface area contributed by atoms with E-state index in [1.54, 1.807) is 0 Å². The second-order valence-electron chi connectivity index (χ2n) is 7.38. The Morgan fingerprint density at radius 2 is 0.677 bits per heavy atom. The van der Waals surface area contributed by atoms with Crippen LogP contribution in [0.3, 0.4) is 0 Å². The zero-order chi connectivity index (χ0) is 21.5. The zero-order valence-corrected chi connectivity index (χ0v) is 18.5. The molecule has 4 rings (SSSR count). The Bertz CT molecular complexity index is 991. The minimum absolute atomic E-state index is 0.751. The molecule has 0 aliphatic carbocycles. The summed E-state index contributed by atoms with van der Waals surface area (Å²) >= 11 is 0. The van der Waals surface area contributed by atoms with Gasteiger partial charge in [-0.2, -0.15) is 0 Å². The molecule has 0 N–H and O–H groups in total. The normalized spacial score (nSPS) is 10.9. The van der Waals surface area contributed by atoms with Crippen LogP contribution in [0.4, 0.5) is 0 Å². The highest BCUT2D eigenvalue weighted by Gasteiger charge is 2.29. The molecule has 0 radical (unpaired) electrons. The monoisotopic (exact) mass is 428 g/mol. The van der Waals surface area contributed by atoms with Crippen molar-refractivity contribution in [3.63, 3.8) is 0 Å². The van der Waals surface area contributed by atoms with Crippen molar-refractivity contribution in [2.24, 2.45) is 0 Å². The lowest BCUT2D eigenvalue weighted by Crippen LogP contribution is -2.41. The van der Waals surface area contributed by atoms with Crippen molar-refractivity contribution in [1.82, 2.24) is 0 Å². The molecular weight excluding hydrogens is 404 g/mol. The topological polar surface area (TPSA) is 36.9 Å². The van der Waals surface area contributed by atoms with Gasteiger partial charge in [0, 0.05) is 13.1 Å². The minimum atomic E-state index is -2.45. The third-order valence-electron chi connectivity index (χ3n) is 4.33. The molecule has 0 aliphatic rings. The molecule has 0 fully saturated rings. The van der Waals surface area contributed by atoms with E-state index in [9.17, 15) is 0 Å². The van der Waals surface area contributed by atoms with Crippen LogP contribution in [0.2, 0.25) is 13.1 Å². The number of ether oxygens (including phenoxy) is 2. The number of benzene rings is 4.